The third-order valence-electron chi connectivity index (χ3n) is 2.00. The van der Waals surface area contributed by atoms with Gasteiger partial charge in [0, 0.05) is 13.7 Å². The van der Waals surface area contributed by atoms with Crippen molar-refractivity contribution in [2.45, 2.75) is 32.2 Å². The minimum atomic E-state index is -1.11. The Morgan fingerprint density at radius 3 is 2.56 bits per heavy atom. The van der Waals surface area contributed by atoms with Crippen molar-refractivity contribution in [3.8, 4) is 0 Å². The minimum absolute atomic E-state index is 0.0439. The first-order valence-electron chi connectivity index (χ1n) is 5.38. The molecule has 16 heavy (non-hydrogen) atoms. The van der Waals surface area contributed by atoms with Crippen molar-refractivity contribution in [3.05, 3.63) is 0 Å². The van der Waals surface area contributed by atoms with E-state index in [1.165, 1.54) is 7.11 Å². The number of hydrogen-bond donors (Lipinski definition) is 3. The summed E-state index contributed by atoms with van der Waals surface area (Å²) >= 11 is 0. The Labute approximate surface area is 95.4 Å². The topological polar surface area (TPSA) is 87.7 Å². The molecule has 94 valence electrons. The Kier molecular flexibility index (Phi) is 8.24. The van der Waals surface area contributed by atoms with Crippen LogP contribution in [0.3, 0.4) is 0 Å². The van der Waals surface area contributed by atoms with Crippen molar-refractivity contribution in [3.63, 3.8) is 0 Å². The lowest BCUT2D eigenvalue weighted by Crippen LogP contribution is -2.48. The summed E-state index contributed by atoms with van der Waals surface area (Å²) in [5, 5.41) is 13.7. The van der Waals surface area contributed by atoms with Gasteiger partial charge in [-0.2, -0.15) is 0 Å². The number of carbonyl (C=O) groups excluding carboxylic acids is 1. The van der Waals surface area contributed by atoms with Crippen molar-refractivity contribution < 1.29 is 19.4 Å². The van der Waals surface area contributed by atoms with Crippen LogP contribution in [0.15, 0.2) is 0 Å². The van der Waals surface area contributed by atoms with Crippen LogP contribution in [-0.2, 0) is 9.53 Å². The van der Waals surface area contributed by atoms with E-state index >= 15 is 0 Å². The number of ether oxygens (including phenoxy) is 1. The number of carboxylic acid groups (broad SMARTS) is 1. The van der Waals surface area contributed by atoms with E-state index in [1.54, 1.807) is 0 Å². The Morgan fingerprint density at radius 2 is 2.06 bits per heavy atom. The molecule has 1 unspecified atom stereocenters. The zero-order chi connectivity index (χ0) is 12.4. The van der Waals surface area contributed by atoms with Gasteiger partial charge in [0.1, 0.15) is 0 Å². The van der Waals surface area contributed by atoms with Crippen molar-refractivity contribution >= 4 is 12.0 Å². The number of aliphatic carboxylic acids is 1. The van der Waals surface area contributed by atoms with Crippen molar-refractivity contribution in [2.24, 2.45) is 0 Å². The maximum absolute atomic E-state index is 11.3. The Balaban J connectivity index is 3.77. The molecule has 0 aliphatic carbocycles. The lowest BCUT2D eigenvalue weighted by molar-refractivity contribution is -0.140. The summed E-state index contributed by atoms with van der Waals surface area (Å²) in [6, 6.07) is -1.48. The highest BCUT2D eigenvalue weighted by Gasteiger charge is 2.18. The molecule has 0 saturated heterocycles. The second-order valence-corrected chi connectivity index (χ2v) is 3.45. The lowest BCUT2D eigenvalue weighted by Gasteiger charge is -2.13. The summed E-state index contributed by atoms with van der Waals surface area (Å²) in [6.07, 6.45) is 3.01. The second kappa shape index (κ2) is 8.96. The summed E-state index contributed by atoms with van der Waals surface area (Å²) in [4.78, 5) is 21.9. The van der Waals surface area contributed by atoms with Crippen molar-refractivity contribution in [1.82, 2.24) is 10.6 Å². The molecular weight excluding hydrogens is 212 g/mol. The molecule has 6 heteroatoms. The van der Waals surface area contributed by atoms with Crippen LogP contribution in [0.2, 0.25) is 0 Å². The molecule has 0 bridgehead atoms. The van der Waals surface area contributed by atoms with E-state index in [0.29, 0.717) is 6.54 Å². The first kappa shape index (κ1) is 14.7. The van der Waals surface area contributed by atoms with E-state index in [4.69, 9.17) is 5.11 Å². The number of amides is 2. The Bertz CT molecular complexity index is 221. The van der Waals surface area contributed by atoms with E-state index in [2.05, 4.69) is 22.3 Å². The van der Waals surface area contributed by atoms with Crippen LogP contribution in [0.25, 0.3) is 0 Å². The molecule has 6 nitrogen and oxygen atoms in total. The van der Waals surface area contributed by atoms with Gasteiger partial charge in [-0.15, -0.1) is 0 Å². The molecule has 0 rings (SSSR count). The van der Waals surface area contributed by atoms with Gasteiger partial charge in [-0.25, -0.2) is 9.59 Å². The molecule has 0 saturated carbocycles. The number of hydrogen-bond acceptors (Lipinski definition) is 3. The maximum Gasteiger partial charge on any atom is 0.328 e. The molecule has 3 N–H and O–H groups in total. The fraction of sp³-hybridized carbons (Fsp3) is 0.800. The number of carbonyl (C=O) groups is 2. The Morgan fingerprint density at radius 1 is 1.38 bits per heavy atom. The predicted octanol–water partition coefficient (Wildman–Crippen LogP) is 0.575. The molecule has 0 aliphatic rings. The van der Waals surface area contributed by atoms with Crippen LogP contribution < -0.4 is 10.6 Å². The van der Waals surface area contributed by atoms with Gasteiger partial charge in [0.05, 0.1) is 6.61 Å². The van der Waals surface area contributed by atoms with E-state index in [-0.39, 0.29) is 6.61 Å². The smallest absolute Gasteiger partial charge is 0.328 e. The molecule has 1 atom stereocenters. The highest BCUT2D eigenvalue weighted by molar-refractivity contribution is 5.82. The van der Waals surface area contributed by atoms with E-state index in [1.807, 2.05) is 0 Å². The second-order valence-electron chi connectivity index (χ2n) is 3.45. The molecular formula is C10H20N2O4. The lowest BCUT2D eigenvalue weighted by atomic mass is 10.2. The fourth-order valence-electron chi connectivity index (χ4n) is 1.13. The first-order chi connectivity index (χ1) is 7.61. The summed E-state index contributed by atoms with van der Waals surface area (Å²) < 4.78 is 4.69. The molecule has 0 radical (unpaired) electrons. The number of unbranched alkanes of at least 4 members (excludes halogenated alkanes) is 2. The van der Waals surface area contributed by atoms with Crippen LogP contribution in [-0.4, -0.2) is 43.4 Å². The number of methoxy groups -OCH3 is 1. The average Bonchev–Trinajstić information content (AvgIpc) is 2.23. The number of nitrogens with one attached hydrogen (secondary N) is 2. The predicted molar refractivity (Wildman–Crippen MR) is 59.4 cm³/mol. The quantitative estimate of drug-likeness (QED) is 0.534. The van der Waals surface area contributed by atoms with Gasteiger partial charge in [-0.1, -0.05) is 19.8 Å². The van der Waals surface area contributed by atoms with E-state index in [9.17, 15) is 9.59 Å². The summed E-state index contributed by atoms with van der Waals surface area (Å²) in [6.45, 7) is 2.58. The standard InChI is InChI=1S/C10H20N2O4/c1-3-4-5-6-11-10(15)12-8(7-16-2)9(13)14/h8H,3-7H2,1-2H3,(H,13,14)(H2,11,12,15). The van der Waals surface area contributed by atoms with Crippen molar-refractivity contribution in [1.29, 1.82) is 0 Å². The third-order valence-corrected chi connectivity index (χ3v) is 2.00. The first-order valence-corrected chi connectivity index (χ1v) is 5.38. The van der Waals surface area contributed by atoms with Gasteiger partial charge < -0.3 is 20.5 Å². The summed E-state index contributed by atoms with van der Waals surface area (Å²) in [7, 11) is 1.39. The van der Waals surface area contributed by atoms with Crippen LogP contribution in [0, 0.1) is 0 Å². The van der Waals surface area contributed by atoms with Crippen LogP contribution in [0.4, 0.5) is 4.79 Å². The van der Waals surface area contributed by atoms with Gasteiger partial charge >= 0.3 is 12.0 Å². The molecule has 2 amide bonds. The van der Waals surface area contributed by atoms with Gasteiger partial charge in [-0.3, -0.25) is 0 Å². The van der Waals surface area contributed by atoms with Gasteiger partial charge in [0.15, 0.2) is 6.04 Å². The van der Waals surface area contributed by atoms with Gasteiger partial charge in [-0.05, 0) is 6.42 Å². The molecule has 0 aromatic carbocycles. The average molecular weight is 232 g/mol. The molecule has 0 aromatic heterocycles. The minimum Gasteiger partial charge on any atom is -0.480 e. The number of carboxylic acids is 1. The van der Waals surface area contributed by atoms with Gasteiger partial charge in [0.25, 0.3) is 0 Å². The highest BCUT2D eigenvalue weighted by Crippen LogP contribution is 1.91. The third kappa shape index (κ3) is 7.05. The zero-order valence-electron chi connectivity index (χ0n) is 9.78. The summed E-state index contributed by atoms with van der Waals surface area (Å²) in [5.41, 5.74) is 0. The molecule has 0 heterocycles. The van der Waals surface area contributed by atoms with Crippen molar-refractivity contribution in [2.75, 3.05) is 20.3 Å². The number of rotatable bonds is 8. The van der Waals surface area contributed by atoms with Crippen LogP contribution in [0.5, 0.6) is 0 Å². The maximum atomic E-state index is 11.3. The molecule has 0 fully saturated rings. The van der Waals surface area contributed by atoms with Crippen LogP contribution in [0.1, 0.15) is 26.2 Å². The van der Waals surface area contributed by atoms with E-state index < -0.39 is 18.0 Å². The molecule has 0 aliphatic heterocycles. The normalized spacial score (nSPS) is 11.9. The largest absolute Gasteiger partial charge is 0.480 e. The number of urea groups is 1. The highest BCUT2D eigenvalue weighted by atomic mass is 16.5. The summed E-state index contributed by atoms with van der Waals surface area (Å²) in [5.74, 6) is -1.11. The van der Waals surface area contributed by atoms with Gasteiger partial charge in [0.2, 0.25) is 0 Å². The van der Waals surface area contributed by atoms with E-state index in [0.717, 1.165) is 19.3 Å². The molecule has 0 spiro atoms. The molecule has 0 aromatic rings. The monoisotopic (exact) mass is 232 g/mol. The Hall–Kier alpha value is -1.30. The zero-order valence-corrected chi connectivity index (χ0v) is 9.78. The van der Waals surface area contributed by atoms with Crippen LogP contribution >= 0.6 is 0 Å². The SMILES string of the molecule is CCCCCNC(=O)NC(COC)C(=O)O. The fourth-order valence-corrected chi connectivity index (χ4v) is 1.13.